The molecule has 19 heavy (non-hydrogen) atoms. The normalized spacial score (nSPS) is 33.8. The van der Waals surface area contributed by atoms with E-state index in [-0.39, 0.29) is 17.9 Å². The van der Waals surface area contributed by atoms with Gasteiger partial charge in [0.2, 0.25) is 0 Å². The highest BCUT2D eigenvalue weighted by Crippen LogP contribution is 2.52. The molecule has 4 nitrogen and oxygen atoms in total. The van der Waals surface area contributed by atoms with Gasteiger partial charge in [-0.15, -0.1) is 0 Å². The fraction of sp³-hybridized carbons (Fsp3) is 0.667. The molecule has 106 valence electrons. The molecule has 0 bridgehead atoms. The van der Waals surface area contributed by atoms with E-state index in [2.05, 4.69) is 6.92 Å². The molecule has 2 aliphatic carbocycles. The van der Waals surface area contributed by atoms with Gasteiger partial charge in [0.25, 0.3) is 0 Å². The van der Waals surface area contributed by atoms with Crippen molar-refractivity contribution in [2.24, 2.45) is 11.3 Å². The van der Waals surface area contributed by atoms with Crippen LogP contribution in [0.3, 0.4) is 0 Å². The van der Waals surface area contributed by atoms with Gasteiger partial charge in [-0.25, -0.2) is 4.79 Å². The number of carboxylic acid groups (broad SMARTS) is 1. The van der Waals surface area contributed by atoms with E-state index in [4.69, 9.17) is 5.11 Å². The van der Waals surface area contributed by atoms with Gasteiger partial charge in [0.05, 0.1) is 6.61 Å². The summed E-state index contributed by atoms with van der Waals surface area (Å²) in [5.74, 6) is -0.703. The molecular formula is C15H22O4. The molecular weight excluding hydrogens is 244 g/mol. The van der Waals surface area contributed by atoms with Crippen molar-refractivity contribution in [3.05, 3.63) is 23.3 Å². The van der Waals surface area contributed by atoms with Gasteiger partial charge >= 0.3 is 5.97 Å². The maximum Gasteiger partial charge on any atom is 0.331 e. The van der Waals surface area contributed by atoms with E-state index in [1.165, 1.54) is 0 Å². The van der Waals surface area contributed by atoms with Gasteiger partial charge < -0.3 is 15.3 Å². The number of aliphatic carboxylic acids is 1. The highest BCUT2D eigenvalue weighted by molar-refractivity contribution is 5.86. The number of fused-ring (bicyclic) bond motifs is 1. The van der Waals surface area contributed by atoms with Crippen LogP contribution in [0, 0.1) is 11.3 Å². The molecule has 0 heterocycles. The molecule has 0 saturated carbocycles. The molecule has 0 saturated heterocycles. The standard InChI is InChI=1S/C15H22O4/c1-14-7-5-10(13(17)18)3-4-11(14)12(6-8-14)15(2,19)9-16/h5-6,11,16,19H,3-4,7-9H2,1-2H3,(H,17,18)/t11-,14-,15-/m0/s1. The van der Waals surface area contributed by atoms with Crippen molar-refractivity contribution < 1.29 is 20.1 Å². The molecule has 3 N–H and O–H groups in total. The Morgan fingerprint density at radius 1 is 1.47 bits per heavy atom. The molecule has 0 fully saturated rings. The van der Waals surface area contributed by atoms with Crippen LogP contribution in [0.15, 0.2) is 23.3 Å². The van der Waals surface area contributed by atoms with Crippen molar-refractivity contribution in [1.82, 2.24) is 0 Å². The lowest BCUT2D eigenvalue weighted by Gasteiger charge is -2.36. The highest BCUT2D eigenvalue weighted by Gasteiger charge is 2.46. The van der Waals surface area contributed by atoms with Crippen molar-refractivity contribution in [2.75, 3.05) is 6.61 Å². The van der Waals surface area contributed by atoms with Crippen LogP contribution >= 0.6 is 0 Å². The zero-order chi connectivity index (χ0) is 14.3. The van der Waals surface area contributed by atoms with Crippen molar-refractivity contribution in [2.45, 2.75) is 45.1 Å². The molecule has 0 aromatic heterocycles. The van der Waals surface area contributed by atoms with E-state index in [1.807, 2.05) is 12.2 Å². The van der Waals surface area contributed by atoms with Crippen molar-refractivity contribution >= 4 is 5.97 Å². The molecule has 0 aromatic carbocycles. The van der Waals surface area contributed by atoms with Crippen LogP contribution in [0.1, 0.15) is 39.5 Å². The topological polar surface area (TPSA) is 77.8 Å². The highest BCUT2D eigenvalue weighted by atomic mass is 16.4. The first-order chi connectivity index (χ1) is 8.80. The van der Waals surface area contributed by atoms with Crippen LogP contribution in [-0.4, -0.2) is 33.5 Å². The predicted molar refractivity (Wildman–Crippen MR) is 71.6 cm³/mol. The molecule has 2 rings (SSSR count). The maximum atomic E-state index is 11.1. The average molecular weight is 266 g/mol. The quantitative estimate of drug-likeness (QED) is 0.682. The second-order valence-corrected chi connectivity index (χ2v) is 6.28. The van der Waals surface area contributed by atoms with Crippen LogP contribution in [0.2, 0.25) is 0 Å². The Labute approximate surface area is 113 Å². The van der Waals surface area contributed by atoms with E-state index >= 15 is 0 Å². The number of hydrogen-bond donors (Lipinski definition) is 3. The Bertz CT molecular complexity index is 447. The van der Waals surface area contributed by atoms with Gasteiger partial charge in [-0.2, -0.15) is 0 Å². The molecule has 3 atom stereocenters. The van der Waals surface area contributed by atoms with E-state index < -0.39 is 11.6 Å². The van der Waals surface area contributed by atoms with Gasteiger partial charge in [-0.1, -0.05) is 19.1 Å². The number of aliphatic hydroxyl groups excluding tert-OH is 1. The summed E-state index contributed by atoms with van der Waals surface area (Å²) >= 11 is 0. The SMILES string of the molecule is C[C@@]12CC=C(C(=O)O)CC[C@H]1C([C@@](C)(O)CO)=CC2. The summed E-state index contributed by atoms with van der Waals surface area (Å²) in [6, 6.07) is 0. The van der Waals surface area contributed by atoms with E-state index in [0.717, 1.165) is 18.4 Å². The molecule has 0 unspecified atom stereocenters. The Kier molecular flexibility index (Phi) is 3.58. The smallest absolute Gasteiger partial charge is 0.331 e. The summed E-state index contributed by atoms with van der Waals surface area (Å²) < 4.78 is 0. The summed E-state index contributed by atoms with van der Waals surface area (Å²) in [5.41, 5.74) is 0.109. The van der Waals surface area contributed by atoms with Crippen LogP contribution in [0.25, 0.3) is 0 Å². The number of carboxylic acids is 1. The number of aliphatic hydroxyl groups is 2. The lowest BCUT2D eigenvalue weighted by atomic mass is 9.71. The number of allylic oxidation sites excluding steroid dienone is 2. The lowest BCUT2D eigenvalue weighted by molar-refractivity contribution is -0.132. The summed E-state index contributed by atoms with van der Waals surface area (Å²) in [7, 11) is 0. The Hall–Kier alpha value is -1.13. The fourth-order valence-corrected chi connectivity index (χ4v) is 3.37. The minimum absolute atomic E-state index is 0.0360. The molecule has 0 aromatic rings. The predicted octanol–water partition coefficient (Wildman–Crippen LogP) is 1.88. The van der Waals surface area contributed by atoms with E-state index in [1.54, 1.807) is 6.92 Å². The first-order valence-electron chi connectivity index (χ1n) is 6.76. The van der Waals surface area contributed by atoms with Gasteiger partial charge in [-0.3, -0.25) is 0 Å². The molecule has 2 aliphatic rings. The largest absolute Gasteiger partial charge is 0.478 e. The Balaban J connectivity index is 2.25. The van der Waals surface area contributed by atoms with Crippen molar-refractivity contribution in [1.29, 1.82) is 0 Å². The van der Waals surface area contributed by atoms with Crippen molar-refractivity contribution in [3.63, 3.8) is 0 Å². The third-order valence-corrected chi connectivity index (χ3v) is 4.73. The lowest BCUT2D eigenvalue weighted by Crippen LogP contribution is -2.37. The molecule has 0 spiro atoms. The zero-order valence-corrected chi connectivity index (χ0v) is 11.5. The fourth-order valence-electron chi connectivity index (χ4n) is 3.37. The van der Waals surface area contributed by atoms with Gasteiger partial charge in [-0.05, 0) is 49.5 Å². The van der Waals surface area contributed by atoms with Crippen LogP contribution in [-0.2, 0) is 4.79 Å². The summed E-state index contributed by atoms with van der Waals surface area (Å²) in [5, 5.41) is 28.7. The zero-order valence-electron chi connectivity index (χ0n) is 11.5. The third kappa shape index (κ3) is 2.47. The Morgan fingerprint density at radius 2 is 2.11 bits per heavy atom. The molecule has 0 aliphatic heterocycles. The molecule has 4 heteroatoms. The average Bonchev–Trinajstić information content (AvgIpc) is 2.58. The van der Waals surface area contributed by atoms with E-state index in [0.29, 0.717) is 18.4 Å². The first kappa shape index (κ1) is 14.3. The minimum Gasteiger partial charge on any atom is -0.478 e. The third-order valence-electron chi connectivity index (χ3n) is 4.73. The van der Waals surface area contributed by atoms with Gasteiger partial charge in [0.15, 0.2) is 0 Å². The maximum absolute atomic E-state index is 11.1. The summed E-state index contributed by atoms with van der Waals surface area (Å²) in [6.07, 6.45) is 6.63. The first-order valence-corrected chi connectivity index (χ1v) is 6.76. The Morgan fingerprint density at radius 3 is 2.68 bits per heavy atom. The van der Waals surface area contributed by atoms with Crippen molar-refractivity contribution in [3.8, 4) is 0 Å². The van der Waals surface area contributed by atoms with Crippen LogP contribution < -0.4 is 0 Å². The minimum atomic E-state index is -1.20. The summed E-state index contributed by atoms with van der Waals surface area (Å²) in [6.45, 7) is 3.46. The number of carbonyl (C=O) groups is 1. The monoisotopic (exact) mass is 266 g/mol. The van der Waals surface area contributed by atoms with Crippen LogP contribution in [0.5, 0.6) is 0 Å². The van der Waals surface area contributed by atoms with Crippen LogP contribution in [0.4, 0.5) is 0 Å². The van der Waals surface area contributed by atoms with E-state index in [9.17, 15) is 15.0 Å². The number of hydrogen-bond acceptors (Lipinski definition) is 3. The second-order valence-electron chi connectivity index (χ2n) is 6.28. The number of rotatable bonds is 3. The molecule has 0 amide bonds. The van der Waals surface area contributed by atoms with Gasteiger partial charge in [0, 0.05) is 5.57 Å². The van der Waals surface area contributed by atoms with Gasteiger partial charge in [0.1, 0.15) is 5.60 Å². The molecule has 0 radical (unpaired) electrons. The second kappa shape index (κ2) is 4.76. The summed E-state index contributed by atoms with van der Waals surface area (Å²) in [4.78, 5) is 11.1.